The van der Waals surface area contributed by atoms with Crippen molar-refractivity contribution in [2.45, 2.75) is 13.0 Å². The summed E-state index contributed by atoms with van der Waals surface area (Å²) in [4.78, 5) is 4.65. The molecule has 0 aliphatic carbocycles. The van der Waals surface area contributed by atoms with Crippen molar-refractivity contribution in [1.29, 1.82) is 0 Å². The number of hydrogen-bond donors (Lipinski definition) is 1. The zero-order valence-electron chi connectivity index (χ0n) is 9.13. The Morgan fingerprint density at radius 2 is 2.12 bits per heavy atom. The average Bonchev–Trinajstić information content (AvgIpc) is 2.80. The first-order valence-corrected chi connectivity index (χ1v) is 6.41. The SMILES string of the molecule is NC(=S)Cc1ccc(OCc2nccs2)cc1. The molecule has 2 N–H and O–H groups in total. The van der Waals surface area contributed by atoms with Crippen LogP contribution in [0.5, 0.6) is 5.75 Å². The first-order chi connectivity index (χ1) is 8.24. The highest BCUT2D eigenvalue weighted by Gasteiger charge is 1.99. The van der Waals surface area contributed by atoms with Gasteiger partial charge in [-0.15, -0.1) is 11.3 Å². The van der Waals surface area contributed by atoms with E-state index in [1.54, 1.807) is 17.5 Å². The van der Waals surface area contributed by atoms with Crippen LogP contribution in [0.2, 0.25) is 0 Å². The number of aromatic nitrogens is 1. The molecule has 0 unspecified atom stereocenters. The van der Waals surface area contributed by atoms with Gasteiger partial charge in [0.05, 0.1) is 4.99 Å². The number of nitrogens with two attached hydrogens (primary N) is 1. The molecule has 0 aliphatic rings. The smallest absolute Gasteiger partial charge is 0.140 e. The van der Waals surface area contributed by atoms with Crippen LogP contribution in [0, 0.1) is 0 Å². The van der Waals surface area contributed by atoms with E-state index in [-0.39, 0.29) is 0 Å². The first-order valence-electron chi connectivity index (χ1n) is 5.12. The summed E-state index contributed by atoms with van der Waals surface area (Å²) in [6.07, 6.45) is 2.40. The second-order valence-electron chi connectivity index (χ2n) is 3.50. The molecule has 2 aromatic rings. The third-order valence-corrected chi connectivity index (χ3v) is 3.04. The zero-order chi connectivity index (χ0) is 12.1. The molecule has 0 aliphatic heterocycles. The summed E-state index contributed by atoms with van der Waals surface area (Å²) in [6, 6.07) is 7.77. The number of thiazole rings is 1. The summed E-state index contributed by atoms with van der Waals surface area (Å²) in [6.45, 7) is 0.506. The zero-order valence-corrected chi connectivity index (χ0v) is 10.8. The van der Waals surface area contributed by atoms with Crippen LogP contribution in [0.25, 0.3) is 0 Å². The Balaban J connectivity index is 1.91. The lowest BCUT2D eigenvalue weighted by molar-refractivity contribution is 0.305. The van der Waals surface area contributed by atoms with E-state index in [9.17, 15) is 0 Å². The molecule has 5 heteroatoms. The van der Waals surface area contributed by atoms with Gasteiger partial charge in [0.25, 0.3) is 0 Å². The molecule has 0 spiro atoms. The molecule has 0 amide bonds. The minimum absolute atomic E-state index is 0.501. The van der Waals surface area contributed by atoms with Crippen molar-refractivity contribution in [3.8, 4) is 5.75 Å². The molecule has 0 radical (unpaired) electrons. The highest BCUT2D eigenvalue weighted by Crippen LogP contribution is 2.15. The van der Waals surface area contributed by atoms with E-state index in [4.69, 9.17) is 22.7 Å². The van der Waals surface area contributed by atoms with Gasteiger partial charge in [0.15, 0.2) is 0 Å². The molecular weight excluding hydrogens is 252 g/mol. The standard InChI is InChI=1S/C12H12N2OS2/c13-11(16)7-9-1-3-10(4-2-9)15-8-12-14-5-6-17-12/h1-6H,7-8H2,(H2,13,16). The number of ether oxygens (including phenoxy) is 1. The van der Waals surface area contributed by atoms with Crippen LogP contribution in [0.4, 0.5) is 0 Å². The van der Waals surface area contributed by atoms with Gasteiger partial charge in [0.1, 0.15) is 17.4 Å². The quantitative estimate of drug-likeness (QED) is 0.843. The summed E-state index contributed by atoms with van der Waals surface area (Å²) in [7, 11) is 0. The van der Waals surface area contributed by atoms with E-state index >= 15 is 0 Å². The third-order valence-electron chi connectivity index (χ3n) is 2.15. The third kappa shape index (κ3) is 3.80. The van der Waals surface area contributed by atoms with Crippen molar-refractivity contribution >= 4 is 28.5 Å². The number of thiocarbonyl (C=S) groups is 1. The van der Waals surface area contributed by atoms with Crippen LogP contribution in [0.3, 0.4) is 0 Å². The lowest BCUT2D eigenvalue weighted by Gasteiger charge is -2.05. The largest absolute Gasteiger partial charge is 0.486 e. The van der Waals surface area contributed by atoms with Gasteiger partial charge in [-0.25, -0.2) is 4.98 Å². The molecule has 88 valence electrons. The Hall–Kier alpha value is -1.46. The van der Waals surface area contributed by atoms with Gasteiger partial charge in [0, 0.05) is 18.0 Å². The van der Waals surface area contributed by atoms with Crippen molar-refractivity contribution in [3.05, 3.63) is 46.4 Å². The summed E-state index contributed by atoms with van der Waals surface area (Å²) in [5.74, 6) is 0.826. The van der Waals surface area contributed by atoms with Crippen molar-refractivity contribution in [2.24, 2.45) is 5.73 Å². The van der Waals surface area contributed by atoms with E-state index in [2.05, 4.69) is 4.98 Å². The second-order valence-corrected chi connectivity index (χ2v) is 5.01. The van der Waals surface area contributed by atoms with Gasteiger partial charge in [-0.3, -0.25) is 0 Å². The van der Waals surface area contributed by atoms with Crippen LogP contribution in [-0.2, 0) is 13.0 Å². The number of hydrogen-bond acceptors (Lipinski definition) is 4. The van der Waals surface area contributed by atoms with Gasteiger partial charge < -0.3 is 10.5 Å². The summed E-state index contributed by atoms with van der Waals surface area (Å²) in [5.41, 5.74) is 6.58. The molecule has 1 aromatic carbocycles. The van der Waals surface area contributed by atoms with Crippen LogP contribution < -0.4 is 10.5 Å². The van der Waals surface area contributed by atoms with Crippen LogP contribution in [0.15, 0.2) is 35.8 Å². The average molecular weight is 264 g/mol. The minimum Gasteiger partial charge on any atom is -0.486 e. The fourth-order valence-corrected chi connectivity index (χ4v) is 2.07. The predicted octanol–water partition coefficient (Wildman–Crippen LogP) is 2.55. The molecular formula is C12H12N2OS2. The molecule has 0 saturated carbocycles. The minimum atomic E-state index is 0.501. The van der Waals surface area contributed by atoms with Gasteiger partial charge in [-0.05, 0) is 17.7 Å². The summed E-state index contributed by atoms with van der Waals surface area (Å²) < 4.78 is 5.59. The Labute approximate surface area is 109 Å². The van der Waals surface area contributed by atoms with E-state index in [0.717, 1.165) is 16.3 Å². The van der Waals surface area contributed by atoms with Gasteiger partial charge >= 0.3 is 0 Å². The van der Waals surface area contributed by atoms with Crippen molar-refractivity contribution < 1.29 is 4.74 Å². The Bertz CT molecular complexity index is 480. The molecule has 0 bridgehead atoms. The van der Waals surface area contributed by atoms with Crippen LogP contribution >= 0.6 is 23.6 Å². The molecule has 1 heterocycles. The van der Waals surface area contributed by atoms with E-state index < -0.39 is 0 Å². The maximum Gasteiger partial charge on any atom is 0.140 e. The molecule has 0 atom stereocenters. The maximum atomic E-state index is 5.59. The fourth-order valence-electron chi connectivity index (χ4n) is 1.37. The van der Waals surface area contributed by atoms with Crippen LogP contribution in [0.1, 0.15) is 10.6 Å². The predicted molar refractivity (Wildman–Crippen MR) is 73.4 cm³/mol. The van der Waals surface area contributed by atoms with Crippen LogP contribution in [-0.4, -0.2) is 9.97 Å². The van der Waals surface area contributed by atoms with E-state index in [1.165, 1.54) is 0 Å². The van der Waals surface area contributed by atoms with Crippen molar-refractivity contribution in [3.63, 3.8) is 0 Å². The second kappa shape index (κ2) is 5.75. The van der Waals surface area contributed by atoms with Gasteiger partial charge in [0.2, 0.25) is 0 Å². The number of benzene rings is 1. The molecule has 0 fully saturated rings. The van der Waals surface area contributed by atoms with Gasteiger partial charge in [-0.1, -0.05) is 24.4 Å². The monoisotopic (exact) mass is 264 g/mol. The van der Waals surface area contributed by atoms with E-state index in [1.807, 2.05) is 29.6 Å². The number of rotatable bonds is 5. The lowest BCUT2D eigenvalue weighted by atomic mass is 10.1. The topological polar surface area (TPSA) is 48.1 Å². The maximum absolute atomic E-state index is 5.59. The van der Waals surface area contributed by atoms with Crippen molar-refractivity contribution in [1.82, 2.24) is 4.98 Å². The summed E-state index contributed by atoms with van der Waals surface area (Å²) >= 11 is 6.44. The molecule has 2 rings (SSSR count). The molecule has 17 heavy (non-hydrogen) atoms. The summed E-state index contributed by atoms with van der Waals surface area (Å²) in [5, 5.41) is 2.90. The Kier molecular flexibility index (Phi) is 4.06. The Morgan fingerprint density at radius 1 is 1.35 bits per heavy atom. The molecule has 3 nitrogen and oxygen atoms in total. The fraction of sp³-hybridized carbons (Fsp3) is 0.167. The van der Waals surface area contributed by atoms with Gasteiger partial charge in [-0.2, -0.15) is 0 Å². The highest BCUT2D eigenvalue weighted by atomic mass is 32.1. The Morgan fingerprint density at radius 3 is 2.71 bits per heavy atom. The van der Waals surface area contributed by atoms with E-state index in [0.29, 0.717) is 18.0 Å². The number of nitrogens with zero attached hydrogens (tertiary/aromatic N) is 1. The highest BCUT2D eigenvalue weighted by molar-refractivity contribution is 7.80. The molecule has 1 aromatic heterocycles. The normalized spacial score (nSPS) is 10.1. The van der Waals surface area contributed by atoms with Crippen molar-refractivity contribution in [2.75, 3.05) is 0 Å². The molecule has 0 saturated heterocycles. The first kappa shape index (κ1) is 12.0. The lowest BCUT2D eigenvalue weighted by Crippen LogP contribution is -2.10.